The average molecular weight is 286 g/mol. The molecule has 1 aliphatic rings. The molecule has 3 N–H and O–H groups in total. The molecular weight excluding hydrogens is 268 g/mol. The van der Waals surface area contributed by atoms with Gasteiger partial charge in [0.05, 0.1) is 13.2 Å². The number of aromatic amines is 1. The van der Waals surface area contributed by atoms with Gasteiger partial charge < -0.3 is 10.1 Å². The van der Waals surface area contributed by atoms with Crippen LogP contribution in [0.1, 0.15) is 23.7 Å². The van der Waals surface area contributed by atoms with Gasteiger partial charge in [-0.2, -0.15) is 5.10 Å². The van der Waals surface area contributed by atoms with Crippen LogP contribution in [0.3, 0.4) is 0 Å². The number of rotatable bonds is 3. The number of amides is 2. The summed E-state index contributed by atoms with van der Waals surface area (Å²) in [5, 5.41) is 12.6. The van der Waals surface area contributed by atoms with Gasteiger partial charge in [0, 0.05) is 23.4 Å². The van der Waals surface area contributed by atoms with Gasteiger partial charge in [0.1, 0.15) is 0 Å². The molecule has 0 spiro atoms. The molecule has 0 saturated carbocycles. The van der Waals surface area contributed by atoms with Crippen molar-refractivity contribution in [2.45, 2.75) is 26.4 Å². The molecule has 0 unspecified atom stereocenters. The first-order chi connectivity index (χ1) is 10.3. The highest BCUT2D eigenvalue weighted by Gasteiger charge is 2.18. The van der Waals surface area contributed by atoms with Crippen LogP contribution in [0.5, 0.6) is 0 Å². The Morgan fingerprint density at radius 1 is 1.33 bits per heavy atom. The number of hydrogen-bond donors (Lipinski definition) is 3. The van der Waals surface area contributed by atoms with Crippen molar-refractivity contribution in [3.63, 3.8) is 0 Å². The summed E-state index contributed by atoms with van der Waals surface area (Å²) in [6.07, 6.45) is 1.77. The highest BCUT2D eigenvalue weighted by atomic mass is 16.5. The fourth-order valence-corrected chi connectivity index (χ4v) is 2.31. The topological polar surface area (TPSA) is 79.0 Å². The fraction of sp³-hybridized carbons (Fsp3) is 0.333. The van der Waals surface area contributed by atoms with Gasteiger partial charge in [-0.05, 0) is 24.1 Å². The van der Waals surface area contributed by atoms with Crippen LogP contribution >= 0.6 is 0 Å². The maximum absolute atomic E-state index is 12.0. The third-order valence-corrected chi connectivity index (χ3v) is 3.55. The molecule has 0 fully saturated rings. The normalized spacial score (nSPS) is 13.6. The number of benzene rings is 1. The number of carbonyl (C=O) groups is 1. The van der Waals surface area contributed by atoms with Crippen LogP contribution in [0.25, 0.3) is 0 Å². The number of urea groups is 1. The van der Waals surface area contributed by atoms with Crippen LogP contribution in [0.4, 0.5) is 16.3 Å². The number of anilines is 2. The predicted molar refractivity (Wildman–Crippen MR) is 80.4 cm³/mol. The Balaban J connectivity index is 1.64. The van der Waals surface area contributed by atoms with E-state index < -0.39 is 0 Å². The zero-order valence-electron chi connectivity index (χ0n) is 11.9. The summed E-state index contributed by atoms with van der Waals surface area (Å²) in [7, 11) is 0. The van der Waals surface area contributed by atoms with Gasteiger partial charge in [0.25, 0.3) is 0 Å². The van der Waals surface area contributed by atoms with Crippen molar-refractivity contribution in [2.24, 2.45) is 0 Å². The second-order valence-electron chi connectivity index (χ2n) is 4.96. The minimum atomic E-state index is -0.306. The molecule has 2 amide bonds. The Labute approximate surface area is 122 Å². The van der Waals surface area contributed by atoms with E-state index >= 15 is 0 Å². The van der Waals surface area contributed by atoms with Gasteiger partial charge in [-0.15, -0.1) is 0 Å². The second-order valence-corrected chi connectivity index (χ2v) is 4.96. The van der Waals surface area contributed by atoms with E-state index in [0.29, 0.717) is 19.0 Å². The van der Waals surface area contributed by atoms with Crippen LogP contribution in [-0.4, -0.2) is 22.8 Å². The smallest absolute Gasteiger partial charge is 0.324 e. The predicted octanol–water partition coefficient (Wildman–Crippen LogP) is 2.69. The van der Waals surface area contributed by atoms with Crippen molar-refractivity contribution in [2.75, 3.05) is 17.2 Å². The molecule has 2 heterocycles. The van der Waals surface area contributed by atoms with Gasteiger partial charge in [-0.3, -0.25) is 10.4 Å². The minimum Gasteiger partial charge on any atom is -0.376 e. The summed E-state index contributed by atoms with van der Waals surface area (Å²) >= 11 is 0. The molecule has 0 bridgehead atoms. The SMILES string of the molecule is CCc1ccc(NC(=O)Nc2n[nH]c3c2COCC3)cc1. The van der Waals surface area contributed by atoms with Crippen LogP contribution in [0.2, 0.25) is 0 Å². The zero-order valence-corrected chi connectivity index (χ0v) is 11.9. The van der Waals surface area contributed by atoms with E-state index in [2.05, 4.69) is 27.8 Å². The molecule has 2 aromatic rings. The van der Waals surface area contributed by atoms with Crippen molar-refractivity contribution in [3.05, 3.63) is 41.1 Å². The Bertz CT molecular complexity index is 634. The highest BCUT2D eigenvalue weighted by molar-refractivity contribution is 5.99. The first-order valence-electron chi connectivity index (χ1n) is 7.07. The molecule has 110 valence electrons. The van der Waals surface area contributed by atoms with Gasteiger partial charge in [0.15, 0.2) is 5.82 Å². The Morgan fingerprint density at radius 3 is 2.90 bits per heavy atom. The quantitative estimate of drug-likeness (QED) is 0.811. The van der Waals surface area contributed by atoms with Gasteiger partial charge in [-0.25, -0.2) is 4.79 Å². The zero-order chi connectivity index (χ0) is 14.7. The number of fused-ring (bicyclic) bond motifs is 1. The first kappa shape index (κ1) is 13.6. The highest BCUT2D eigenvalue weighted by Crippen LogP contribution is 2.22. The van der Waals surface area contributed by atoms with Crippen LogP contribution in [-0.2, 0) is 24.2 Å². The van der Waals surface area contributed by atoms with Gasteiger partial charge in [0.2, 0.25) is 0 Å². The van der Waals surface area contributed by atoms with Gasteiger partial charge >= 0.3 is 6.03 Å². The molecule has 0 radical (unpaired) electrons. The average Bonchev–Trinajstić information content (AvgIpc) is 2.91. The number of ether oxygens (including phenoxy) is 1. The van der Waals surface area contributed by atoms with E-state index in [0.717, 1.165) is 29.8 Å². The number of aryl methyl sites for hydroxylation is 1. The first-order valence-corrected chi connectivity index (χ1v) is 7.07. The summed E-state index contributed by atoms with van der Waals surface area (Å²) in [4.78, 5) is 12.0. The van der Waals surface area contributed by atoms with Crippen LogP contribution in [0.15, 0.2) is 24.3 Å². The maximum atomic E-state index is 12.0. The number of hydrogen-bond acceptors (Lipinski definition) is 3. The minimum absolute atomic E-state index is 0.306. The fourth-order valence-electron chi connectivity index (χ4n) is 2.31. The molecule has 3 rings (SSSR count). The standard InChI is InChI=1S/C15H18N4O2/c1-2-10-3-5-11(6-4-10)16-15(20)17-14-12-9-21-8-7-13(12)18-19-14/h3-6H,2,7-9H2,1H3,(H3,16,17,18,19,20). The lowest BCUT2D eigenvalue weighted by atomic mass is 10.1. The third kappa shape index (κ3) is 3.05. The lowest BCUT2D eigenvalue weighted by Crippen LogP contribution is -2.21. The summed E-state index contributed by atoms with van der Waals surface area (Å²) in [5.74, 6) is 0.535. The summed E-state index contributed by atoms with van der Waals surface area (Å²) in [5.41, 5.74) is 3.95. The van der Waals surface area contributed by atoms with Crippen molar-refractivity contribution >= 4 is 17.5 Å². The third-order valence-electron chi connectivity index (χ3n) is 3.55. The van der Waals surface area contributed by atoms with Crippen LogP contribution < -0.4 is 10.6 Å². The Hall–Kier alpha value is -2.34. The van der Waals surface area contributed by atoms with Crippen molar-refractivity contribution < 1.29 is 9.53 Å². The number of H-pyrrole nitrogens is 1. The van der Waals surface area contributed by atoms with Gasteiger partial charge in [-0.1, -0.05) is 19.1 Å². The number of nitrogens with one attached hydrogen (secondary N) is 3. The van der Waals surface area contributed by atoms with E-state index in [4.69, 9.17) is 4.74 Å². The van der Waals surface area contributed by atoms with E-state index in [1.54, 1.807) is 0 Å². The molecule has 0 aliphatic carbocycles. The molecule has 0 atom stereocenters. The second kappa shape index (κ2) is 5.97. The molecule has 1 aromatic carbocycles. The molecular formula is C15H18N4O2. The largest absolute Gasteiger partial charge is 0.376 e. The molecule has 1 aliphatic heterocycles. The van der Waals surface area contributed by atoms with Crippen LogP contribution in [0, 0.1) is 0 Å². The molecule has 21 heavy (non-hydrogen) atoms. The number of aromatic nitrogens is 2. The lowest BCUT2D eigenvalue weighted by molar-refractivity contribution is 0.110. The monoisotopic (exact) mass is 286 g/mol. The Morgan fingerprint density at radius 2 is 2.14 bits per heavy atom. The van der Waals surface area contributed by atoms with Crippen molar-refractivity contribution in [1.29, 1.82) is 0 Å². The summed E-state index contributed by atoms with van der Waals surface area (Å²) in [6, 6.07) is 7.47. The summed E-state index contributed by atoms with van der Waals surface area (Å²) < 4.78 is 5.39. The van der Waals surface area contributed by atoms with E-state index in [1.165, 1.54) is 5.56 Å². The van der Waals surface area contributed by atoms with E-state index in [-0.39, 0.29) is 6.03 Å². The molecule has 0 saturated heterocycles. The van der Waals surface area contributed by atoms with Crippen molar-refractivity contribution in [3.8, 4) is 0 Å². The number of nitrogens with zero attached hydrogens (tertiary/aromatic N) is 1. The molecule has 6 heteroatoms. The lowest BCUT2D eigenvalue weighted by Gasteiger charge is -2.13. The summed E-state index contributed by atoms with van der Waals surface area (Å²) in [6.45, 7) is 3.26. The molecule has 6 nitrogen and oxygen atoms in total. The van der Waals surface area contributed by atoms with Crippen molar-refractivity contribution in [1.82, 2.24) is 10.2 Å². The van der Waals surface area contributed by atoms with E-state index in [1.807, 2.05) is 24.3 Å². The maximum Gasteiger partial charge on any atom is 0.324 e. The number of carbonyl (C=O) groups excluding carboxylic acids is 1. The van der Waals surface area contributed by atoms with E-state index in [9.17, 15) is 4.79 Å². The molecule has 1 aromatic heterocycles. The Kier molecular flexibility index (Phi) is 3.87.